The highest BCUT2D eigenvalue weighted by molar-refractivity contribution is 7.90. The largest absolute Gasteiger partial charge is 0.609 e. The van der Waals surface area contributed by atoms with Gasteiger partial charge in [-0.05, 0) is 6.08 Å². The number of hydrogen-bond acceptors (Lipinski definition) is 5. The van der Waals surface area contributed by atoms with Gasteiger partial charge in [-0.25, -0.2) is 0 Å². The summed E-state index contributed by atoms with van der Waals surface area (Å²) in [6.45, 7) is 0. The maximum atomic E-state index is 11.2. The molecule has 0 N–H and O–H groups in total. The second-order valence-corrected chi connectivity index (χ2v) is 4.52. The lowest BCUT2D eigenvalue weighted by Crippen LogP contribution is -2.15. The number of aromatic nitrogens is 2. The molecule has 6 heteroatoms. The van der Waals surface area contributed by atoms with Crippen LogP contribution in [0.3, 0.4) is 0 Å². The molecule has 0 aliphatic heterocycles. The van der Waals surface area contributed by atoms with Gasteiger partial charge >= 0.3 is 5.16 Å². The quantitative estimate of drug-likeness (QED) is 0.441. The summed E-state index contributed by atoms with van der Waals surface area (Å²) in [7, 11) is 3.66. The van der Waals surface area contributed by atoms with E-state index in [4.69, 9.17) is 5.26 Å². The number of nitriles is 1. The van der Waals surface area contributed by atoms with Gasteiger partial charge in [-0.1, -0.05) is 0 Å². The van der Waals surface area contributed by atoms with Crippen LogP contribution in [0.2, 0.25) is 0 Å². The smallest absolute Gasteiger partial charge is 0.344 e. The van der Waals surface area contributed by atoms with Crippen molar-refractivity contribution in [2.75, 3.05) is 25.3 Å². The highest BCUT2D eigenvalue weighted by Crippen LogP contribution is 2.17. The Balaban J connectivity index is 3.20. The molecule has 0 aliphatic carbocycles. The van der Waals surface area contributed by atoms with E-state index in [2.05, 4.69) is 9.97 Å². The standard InChI is InChI=1S/C10H12N4OS/c1-14(2)9-8(5-4-6-11)7-12-10(13-9)16(3)15/h4-5,7H,1-3H3/b5-4+. The fourth-order valence-electron chi connectivity index (χ4n) is 1.11. The molecule has 0 saturated heterocycles. The first-order valence-electron chi connectivity index (χ1n) is 4.50. The first kappa shape index (κ1) is 12.5. The zero-order chi connectivity index (χ0) is 12.1. The Labute approximate surface area is 97.6 Å². The number of anilines is 1. The van der Waals surface area contributed by atoms with E-state index in [1.165, 1.54) is 12.3 Å². The molecule has 1 unspecified atom stereocenters. The van der Waals surface area contributed by atoms with E-state index in [9.17, 15) is 4.55 Å². The molecule has 0 saturated carbocycles. The van der Waals surface area contributed by atoms with E-state index in [0.29, 0.717) is 5.82 Å². The normalized spacial score (nSPS) is 12.4. The lowest BCUT2D eigenvalue weighted by molar-refractivity contribution is 0.592. The van der Waals surface area contributed by atoms with Crippen LogP contribution in [0, 0.1) is 11.3 Å². The van der Waals surface area contributed by atoms with Crippen LogP contribution in [0.4, 0.5) is 5.82 Å². The molecule has 16 heavy (non-hydrogen) atoms. The summed E-state index contributed by atoms with van der Waals surface area (Å²) in [4.78, 5) is 9.94. The average Bonchev–Trinajstić information content (AvgIpc) is 2.25. The number of nitrogens with zero attached hydrogens (tertiary/aromatic N) is 4. The molecule has 1 atom stereocenters. The van der Waals surface area contributed by atoms with Crippen molar-refractivity contribution in [3.8, 4) is 6.07 Å². The topological polar surface area (TPSA) is 75.9 Å². The molecule has 1 rings (SSSR count). The van der Waals surface area contributed by atoms with Gasteiger partial charge in [0.2, 0.25) is 0 Å². The minimum atomic E-state index is -1.21. The van der Waals surface area contributed by atoms with Crippen LogP contribution in [0.25, 0.3) is 6.08 Å². The van der Waals surface area contributed by atoms with Crippen molar-refractivity contribution < 1.29 is 4.55 Å². The van der Waals surface area contributed by atoms with E-state index >= 15 is 0 Å². The maximum Gasteiger partial charge on any atom is 0.344 e. The predicted molar refractivity (Wildman–Crippen MR) is 63.3 cm³/mol. The van der Waals surface area contributed by atoms with Crippen LogP contribution >= 0.6 is 0 Å². The molecule has 0 bridgehead atoms. The van der Waals surface area contributed by atoms with Gasteiger partial charge in [0.05, 0.1) is 6.07 Å². The summed E-state index contributed by atoms with van der Waals surface area (Å²) in [6, 6.07) is 1.91. The van der Waals surface area contributed by atoms with Crippen LogP contribution in [-0.4, -0.2) is 34.9 Å². The highest BCUT2D eigenvalue weighted by Gasteiger charge is 2.13. The third kappa shape index (κ3) is 2.95. The van der Waals surface area contributed by atoms with E-state index in [-0.39, 0.29) is 5.16 Å². The Morgan fingerprint density at radius 3 is 2.75 bits per heavy atom. The van der Waals surface area contributed by atoms with Gasteiger partial charge in [-0.15, -0.1) is 0 Å². The molecule has 0 amide bonds. The molecule has 0 spiro atoms. The van der Waals surface area contributed by atoms with Crippen molar-refractivity contribution in [3.63, 3.8) is 0 Å². The summed E-state index contributed by atoms with van der Waals surface area (Å²) in [5.74, 6) is 0.645. The van der Waals surface area contributed by atoms with Crippen molar-refractivity contribution in [2.24, 2.45) is 0 Å². The van der Waals surface area contributed by atoms with Crippen molar-refractivity contribution in [3.05, 3.63) is 17.8 Å². The summed E-state index contributed by atoms with van der Waals surface area (Å²) in [5, 5.41) is 8.75. The Bertz CT molecular complexity index is 437. The van der Waals surface area contributed by atoms with Gasteiger partial charge in [0.25, 0.3) is 0 Å². The third-order valence-electron chi connectivity index (χ3n) is 1.79. The molecule has 0 aliphatic rings. The van der Waals surface area contributed by atoms with Crippen LogP contribution in [0.5, 0.6) is 0 Å². The van der Waals surface area contributed by atoms with Gasteiger partial charge in [0.1, 0.15) is 12.1 Å². The minimum absolute atomic E-state index is 0.290. The maximum absolute atomic E-state index is 11.2. The molecular formula is C10H12N4OS. The van der Waals surface area contributed by atoms with Crippen molar-refractivity contribution in [1.29, 1.82) is 5.26 Å². The molecule has 84 valence electrons. The summed E-state index contributed by atoms with van der Waals surface area (Å²) < 4.78 is 11.2. The monoisotopic (exact) mass is 236 g/mol. The van der Waals surface area contributed by atoms with Gasteiger partial charge in [0.15, 0.2) is 0 Å². The second kappa shape index (κ2) is 5.49. The summed E-state index contributed by atoms with van der Waals surface area (Å²) in [5.41, 5.74) is 0.723. The minimum Gasteiger partial charge on any atom is -0.609 e. The zero-order valence-corrected chi connectivity index (χ0v) is 10.2. The van der Waals surface area contributed by atoms with Gasteiger partial charge in [0, 0.05) is 43.1 Å². The van der Waals surface area contributed by atoms with Crippen LogP contribution in [0.15, 0.2) is 17.4 Å². The Hall–Kier alpha value is -1.58. The Morgan fingerprint density at radius 2 is 2.25 bits per heavy atom. The lowest BCUT2D eigenvalue weighted by Gasteiger charge is -2.14. The first-order valence-corrected chi connectivity index (χ1v) is 6.06. The van der Waals surface area contributed by atoms with Crippen molar-refractivity contribution in [2.45, 2.75) is 5.16 Å². The van der Waals surface area contributed by atoms with Gasteiger partial charge in [-0.3, -0.25) is 0 Å². The van der Waals surface area contributed by atoms with E-state index in [0.717, 1.165) is 5.56 Å². The number of hydrogen-bond donors (Lipinski definition) is 0. The predicted octanol–water partition coefficient (Wildman–Crippen LogP) is 0.817. The zero-order valence-electron chi connectivity index (χ0n) is 9.34. The van der Waals surface area contributed by atoms with Crippen molar-refractivity contribution in [1.82, 2.24) is 9.97 Å². The fourth-order valence-corrected chi connectivity index (χ4v) is 1.52. The van der Waals surface area contributed by atoms with E-state index < -0.39 is 11.2 Å². The lowest BCUT2D eigenvalue weighted by atomic mass is 10.3. The molecule has 1 aromatic heterocycles. The molecular weight excluding hydrogens is 224 g/mol. The number of allylic oxidation sites excluding steroid dienone is 1. The highest BCUT2D eigenvalue weighted by atomic mass is 32.2. The molecule has 5 nitrogen and oxygen atoms in total. The van der Waals surface area contributed by atoms with Crippen LogP contribution < -0.4 is 4.90 Å². The third-order valence-corrected chi connectivity index (χ3v) is 2.50. The average molecular weight is 236 g/mol. The molecule has 0 radical (unpaired) electrons. The second-order valence-electron chi connectivity index (χ2n) is 3.24. The Morgan fingerprint density at radius 1 is 1.56 bits per heavy atom. The summed E-state index contributed by atoms with van der Waals surface area (Å²) in [6.07, 6.45) is 6.07. The Kier molecular flexibility index (Phi) is 4.28. The van der Waals surface area contributed by atoms with E-state index in [1.807, 2.05) is 20.2 Å². The summed E-state index contributed by atoms with van der Waals surface area (Å²) >= 11 is -1.21. The van der Waals surface area contributed by atoms with Crippen LogP contribution in [-0.2, 0) is 11.2 Å². The van der Waals surface area contributed by atoms with Gasteiger partial charge in [-0.2, -0.15) is 15.2 Å². The molecule has 1 heterocycles. The van der Waals surface area contributed by atoms with Crippen molar-refractivity contribution >= 4 is 23.1 Å². The SMILES string of the molecule is CN(C)c1nc([S+](C)[O-])ncc1/C=C/C#N. The van der Waals surface area contributed by atoms with Gasteiger partial charge < -0.3 is 9.45 Å². The number of rotatable bonds is 3. The fraction of sp³-hybridized carbons (Fsp3) is 0.300. The molecule has 0 fully saturated rings. The molecule has 1 aromatic rings. The van der Waals surface area contributed by atoms with E-state index in [1.54, 1.807) is 17.2 Å². The molecule has 0 aromatic carbocycles. The first-order chi connectivity index (χ1) is 7.56. The van der Waals surface area contributed by atoms with Crippen LogP contribution in [0.1, 0.15) is 5.56 Å².